The number of ether oxygens (including phenoxy) is 2. The van der Waals surface area contributed by atoms with E-state index in [1.807, 2.05) is 0 Å². The summed E-state index contributed by atoms with van der Waals surface area (Å²) in [7, 11) is 3.02. The first-order chi connectivity index (χ1) is 13.9. The normalized spacial score (nSPS) is 14.4. The number of hydrogen-bond acceptors (Lipinski definition) is 4. The van der Waals surface area contributed by atoms with Gasteiger partial charge in [-0.3, -0.25) is 9.59 Å². The smallest absolute Gasteiger partial charge is 0.254 e. The van der Waals surface area contributed by atoms with Crippen LogP contribution in [0.25, 0.3) is 0 Å². The predicted octanol–water partition coefficient (Wildman–Crippen LogP) is 3.47. The quantitative estimate of drug-likeness (QED) is 0.829. The van der Waals surface area contributed by atoms with Gasteiger partial charge in [0, 0.05) is 36.7 Å². The van der Waals surface area contributed by atoms with E-state index in [1.165, 1.54) is 20.3 Å². The first-order valence-electron chi connectivity index (χ1n) is 9.19. The first-order valence-corrected chi connectivity index (χ1v) is 9.19. The lowest BCUT2D eigenvalue weighted by Crippen LogP contribution is -2.41. The highest BCUT2D eigenvalue weighted by Gasteiger charge is 2.28. The van der Waals surface area contributed by atoms with Gasteiger partial charge in [0.2, 0.25) is 5.91 Å². The molecule has 1 aliphatic rings. The van der Waals surface area contributed by atoms with Crippen LogP contribution in [0, 0.1) is 17.6 Å². The zero-order valence-corrected chi connectivity index (χ0v) is 16.2. The number of nitrogens with zero attached hydrogens (tertiary/aromatic N) is 1. The Hall–Kier alpha value is -3.16. The zero-order valence-electron chi connectivity index (χ0n) is 16.2. The van der Waals surface area contributed by atoms with Crippen LogP contribution in [0.4, 0.5) is 14.5 Å². The molecular formula is C21H22F2N2O4. The minimum absolute atomic E-state index is 0.0571. The van der Waals surface area contributed by atoms with E-state index in [4.69, 9.17) is 9.47 Å². The molecule has 2 amide bonds. The van der Waals surface area contributed by atoms with Crippen molar-refractivity contribution in [1.82, 2.24) is 4.90 Å². The summed E-state index contributed by atoms with van der Waals surface area (Å²) in [4.78, 5) is 26.9. The monoisotopic (exact) mass is 404 g/mol. The van der Waals surface area contributed by atoms with E-state index in [2.05, 4.69) is 5.32 Å². The molecule has 0 aliphatic carbocycles. The number of halogens is 2. The number of carbonyl (C=O) groups excluding carboxylic acids is 2. The van der Waals surface area contributed by atoms with Crippen molar-refractivity contribution in [2.24, 2.45) is 5.92 Å². The van der Waals surface area contributed by atoms with Crippen LogP contribution in [0.15, 0.2) is 36.4 Å². The van der Waals surface area contributed by atoms with Crippen molar-refractivity contribution in [3.8, 4) is 11.5 Å². The van der Waals surface area contributed by atoms with Gasteiger partial charge >= 0.3 is 0 Å². The standard InChI is InChI=1S/C21H22F2N2O4/c1-28-16-9-14(10-17(12-16)29-2)21(27)25-7-5-13(6-8-25)20(26)24-19-4-3-15(22)11-18(19)23/h3-4,9-13H,5-8H2,1-2H3,(H,24,26). The van der Waals surface area contributed by atoms with Gasteiger partial charge in [0.15, 0.2) is 0 Å². The Bertz CT molecular complexity index is 889. The van der Waals surface area contributed by atoms with Crippen LogP contribution in [0.3, 0.4) is 0 Å². The van der Waals surface area contributed by atoms with Crippen LogP contribution in [-0.2, 0) is 4.79 Å². The van der Waals surface area contributed by atoms with Crippen LogP contribution in [0.1, 0.15) is 23.2 Å². The molecule has 2 aromatic rings. The Morgan fingerprint density at radius 2 is 1.62 bits per heavy atom. The molecule has 1 N–H and O–H groups in total. The molecule has 29 heavy (non-hydrogen) atoms. The number of piperidine rings is 1. The van der Waals surface area contributed by atoms with Gasteiger partial charge in [0.25, 0.3) is 5.91 Å². The highest BCUT2D eigenvalue weighted by atomic mass is 19.1. The van der Waals surface area contributed by atoms with Crippen molar-refractivity contribution in [2.45, 2.75) is 12.8 Å². The molecule has 8 heteroatoms. The van der Waals surface area contributed by atoms with E-state index >= 15 is 0 Å². The summed E-state index contributed by atoms with van der Waals surface area (Å²) in [6.07, 6.45) is 0.892. The van der Waals surface area contributed by atoms with Gasteiger partial charge in [0.1, 0.15) is 23.1 Å². The van der Waals surface area contributed by atoms with Crippen molar-refractivity contribution in [1.29, 1.82) is 0 Å². The third kappa shape index (κ3) is 4.82. The molecule has 1 saturated heterocycles. The molecule has 0 unspecified atom stereocenters. The van der Waals surface area contributed by atoms with Gasteiger partial charge in [-0.15, -0.1) is 0 Å². The number of likely N-dealkylation sites (tertiary alicyclic amines) is 1. The third-order valence-electron chi connectivity index (χ3n) is 4.94. The summed E-state index contributed by atoms with van der Waals surface area (Å²) in [5.74, 6) is -1.37. The average Bonchev–Trinajstić information content (AvgIpc) is 2.74. The van der Waals surface area contributed by atoms with E-state index in [0.717, 1.165) is 12.1 Å². The Morgan fingerprint density at radius 1 is 1.00 bits per heavy atom. The maximum atomic E-state index is 13.7. The highest BCUT2D eigenvalue weighted by Crippen LogP contribution is 2.26. The molecule has 0 aromatic heterocycles. The van der Waals surface area contributed by atoms with E-state index in [0.29, 0.717) is 43.0 Å². The van der Waals surface area contributed by atoms with Crippen LogP contribution in [-0.4, -0.2) is 44.0 Å². The van der Waals surface area contributed by atoms with E-state index < -0.39 is 11.6 Å². The average molecular weight is 404 g/mol. The molecule has 0 radical (unpaired) electrons. The molecule has 0 bridgehead atoms. The molecule has 0 saturated carbocycles. The SMILES string of the molecule is COc1cc(OC)cc(C(=O)N2CCC(C(=O)Nc3ccc(F)cc3F)CC2)c1. The molecular weight excluding hydrogens is 382 g/mol. The fourth-order valence-electron chi connectivity index (χ4n) is 3.28. The number of benzene rings is 2. The maximum Gasteiger partial charge on any atom is 0.254 e. The van der Waals surface area contributed by atoms with Crippen molar-refractivity contribution < 1.29 is 27.8 Å². The number of carbonyl (C=O) groups is 2. The number of hydrogen-bond donors (Lipinski definition) is 1. The van der Waals surface area contributed by atoms with Crippen molar-refractivity contribution >= 4 is 17.5 Å². The van der Waals surface area contributed by atoms with Gasteiger partial charge in [-0.2, -0.15) is 0 Å². The summed E-state index contributed by atoms with van der Waals surface area (Å²) < 4.78 is 37.1. The number of anilines is 1. The van der Waals surface area contributed by atoms with Crippen LogP contribution < -0.4 is 14.8 Å². The van der Waals surface area contributed by atoms with Crippen LogP contribution in [0.5, 0.6) is 11.5 Å². The number of methoxy groups -OCH3 is 2. The van der Waals surface area contributed by atoms with E-state index in [9.17, 15) is 18.4 Å². The summed E-state index contributed by atoms with van der Waals surface area (Å²) in [5, 5.41) is 2.50. The largest absolute Gasteiger partial charge is 0.497 e. The summed E-state index contributed by atoms with van der Waals surface area (Å²) in [6, 6.07) is 7.96. The van der Waals surface area contributed by atoms with Crippen molar-refractivity contribution in [3.05, 3.63) is 53.6 Å². The van der Waals surface area contributed by atoms with Gasteiger partial charge in [-0.1, -0.05) is 0 Å². The minimum Gasteiger partial charge on any atom is -0.497 e. The third-order valence-corrected chi connectivity index (χ3v) is 4.94. The second-order valence-corrected chi connectivity index (χ2v) is 6.78. The highest BCUT2D eigenvalue weighted by molar-refractivity contribution is 5.96. The second-order valence-electron chi connectivity index (χ2n) is 6.78. The summed E-state index contributed by atoms with van der Waals surface area (Å²) in [6.45, 7) is 0.782. The Kier molecular flexibility index (Phi) is 6.31. The number of amides is 2. The van der Waals surface area contributed by atoms with Gasteiger partial charge in [0.05, 0.1) is 19.9 Å². The van der Waals surface area contributed by atoms with Gasteiger partial charge < -0.3 is 19.7 Å². The molecule has 2 aromatic carbocycles. The van der Waals surface area contributed by atoms with Gasteiger partial charge in [-0.25, -0.2) is 8.78 Å². The first kappa shape index (κ1) is 20.6. The molecule has 0 atom stereocenters. The topological polar surface area (TPSA) is 67.9 Å². The molecule has 3 rings (SSSR count). The summed E-state index contributed by atoms with van der Waals surface area (Å²) >= 11 is 0. The molecule has 1 aliphatic heterocycles. The number of rotatable bonds is 5. The van der Waals surface area contributed by atoms with Crippen molar-refractivity contribution in [2.75, 3.05) is 32.6 Å². The van der Waals surface area contributed by atoms with Crippen LogP contribution >= 0.6 is 0 Å². The Morgan fingerprint density at radius 3 is 2.17 bits per heavy atom. The molecule has 154 valence electrons. The van der Waals surface area contributed by atoms with E-state index in [-0.39, 0.29) is 23.4 Å². The zero-order chi connectivity index (χ0) is 21.0. The molecule has 0 spiro atoms. The van der Waals surface area contributed by atoms with Crippen molar-refractivity contribution in [3.63, 3.8) is 0 Å². The second kappa shape index (κ2) is 8.89. The molecule has 1 heterocycles. The maximum absolute atomic E-state index is 13.7. The van der Waals surface area contributed by atoms with Crippen LogP contribution in [0.2, 0.25) is 0 Å². The molecule has 1 fully saturated rings. The predicted molar refractivity (Wildman–Crippen MR) is 103 cm³/mol. The minimum atomic E-state index is -0.821. The molecule has 6 nitrogen and oxygen atoms in total. The fourth-order valence-corrected chi connectivity index (χ4v) is 3.28. The number of nitrogens with one attached hydrogen (secondary N) is 1. The lowest BCUT2D eigenvalue weighted by atomic mass is 9.95. The van der Waals surface area contributed by atoms with E-state index in [1.54, 1.807) is 23.1 Å². The Balaban J connectivity index is 1.61. The lowest BCUT2D eigenvalue weighted by Gasteiger charge is -2.31. The van der Waals surface area contributed by atoms with Gasteiger partial charge in [-0.05, 0) is 37.1 Å². The lowest BCUT2D eigenvalue weighted by molar-refractivity contribution is -0.121. The Labute approximate surface area is 167 Å². The summed E-state index contributed by atoms with van der Waals surface area (Å²) in [5.41, 5.74) is 0.385. The fraction of sp³-hybridized carbons (Fsp3) is 0.333.